The van der Waals surface area contributed by atoms with E-state index in [1.54, 1.807) is 0 Å². The molecule has 0 radical (unpaired) electrons. The van der Waals surface area contributed by atoms with Crippen LogP contribution in [0.5, 0.6) is 0 Å². The third-order valence-electron chi connectivity index (χ3n) is 5.56. The largest absolute Gasteiger partial charge is 0.370 e. The van der Waals surface area contributed by atoms with Crippen LogP contribution in [0.1, 0.15) is 11.1 Å². The first-order valence-corrected chi connectivity index (χ1v) is 11.3. The van der Waals surface area contributed by atoms with Crippen molar-refractivity contribution in [1.29, 1.82) is 5.41 Å². The molecule has 3 aromatic carbocycles. The number of thioether (sulfide) groups is 1. The highest BCUT2D eigenvalue weighted by molar-refractivity contribution is 7.98. The van der Waals surface area contributed by atoms with Gasteiger partial charge in [0.1, 0.15) is 0 Å². The molecule has 1 saturated heterocycles. The lowest BCUT2D eigenvalue weighted by Crippen LogP contribution is -2.50. The SMILES string of the molecule is N=C(N)N1CCN(Cc2ccccc2SCc2ccccc2-c2ccccc2)CC1. The van der Waals surface area contributed by atoms with Gasteiger partial charge < -0.3 is 10.6 Å². The molecule has 4 rings (SSSR count). The van der Waals surface area contributed by atoms with Gasteiger partial charge in [-0.25, -0.2) is 0 Å². The van der Waals surface area contributed by atoms with Gasteiger partial charge >= 0.3 is 0 Å². The predicted octanol–water partition coefficient (Wildman–Crippen LogP) is 4.66. The molecule has 1 fully saturated rings. The molecular formula is C25H28N4S. The van der Waals surface area contributed by atoms with Gasteiger partial charge in [-0.15, -0.1) is 11.8 Å². The molecule has 30 heavy (non-hydrogen) atoms. The Morgan fingerprint density at radius 1 is 0.800 bits per heavy atom. The number of piperazine rings is 1. The minimum absolute atomic E-state index is 0.183. The van der Waals surface area contributed by atoms with Crippen LogP contribution >= 0.6 is 11.8 Å². The predicted molar refractivity (Wildman–Crippen MR) is 127 cm³/mol. The summed E-state index contributed by atoms with van der Waals surface area (Å²) < 4.78 is 0. The van der Waals surface area contributed by atoms with Crippen molar-refractivity contribution in [3.8, 4) is 11.1 Å². The molecule has 0 aromatic heterocycles. The summed E-state index contributed by atoms with van der Waals surface area (Å²) in [6.45, 7) is 4.48. The fourth-order valence-electron chi connectivity index (χ4n) is 3.86. The second-order valence-corrected chi connectivity index (χ2v) is 8.59. The van der Waals surface area contributed by atoms with E-state index in [0.29, 0.717) is 0 Å². The van der Waals surface area contributed by atoms with Crippen LogP contribution < -0.4 is 5.73 Å². The van der Waals surface area contributed by atoms with Crippen LogP contribution in [0, 0.1) is 5.41 Å². The first-order chi connectivity index (χ1) is 14.7. The molecule has 3 aromatic rings. The minimum Gasteiger partial charge on any atom is -0.370 e. The molecule has 1 heterocycles. The fraction of sp³-hybridized carbons (Fsp3) is 0.240. The summed E-state index contributed by atoms with van der Waals surface area (Å²) >= 11 is 1.91. The molecule has 0 atom stereocenters. The normalized spacial score (nSPS) is 14.6. The van der Waals surface area contributed by atoms with Crippen molar-refractivity contribution in [2.24, 2.45) is 5.73 Å². The van der Waals surface area contributed by atoms with E-state index >= 15 is 0 Å². The number of nitrogens with zero attached hydrogens (tertiary/aromatic N) is 2. The number of rotatable bonds is 6. The Balaban J connectivity index is 1.44. The topological polar surface area (TPSA) is 56.4 Å². The lowest BCUT2D eigenvalue weighted by Gasteiger charge is -2.35. The molecule has 0 bridgehead atoms. The van der Waals surface area contributed by atoms with E-state index < -0.39 is 0 Å². The number of hydrogen-bond donors (Lipinski definition) is 2. The Hall–Kier alpha value is -2.76. The monoisotopic (exact) mass is 416 g/mol. The summed E-state index contributed by atoms with van der Waals surface area (Å²) in [5.74, 6) is 1.13. The van der Waals surface area contributed by atoms with Gasteiger partial charge in [-0.2, -0.15) is 0 Å². The maximum absolute atomic E-state index is 7.61. The van der Waals surface area contributed by atoms with Gasteiger partial charge in [-0.1, -0.05) is 72.8 Å². The molecule has 0 aliphatic carbocycles. The zero-order chi connectivity index (χ0) is 20.8. The van der Waals surface area contributed by atoms with Crippen molar-refractivity contribution in [2.75, 3.05) is 26.2 Å². The van der Waals surface area contributed by atoms with Crippen molar-refractivity contribution in [3.63, 3.8) is 0 Å². The molecule has 4 nitrogen and oxygen atoms in total. The van der Waals surface area contributed by atoms with Crippen LogP contribution in [-0.2, 0) is 12.3 Å². The zero-order valence-electron chi connectivity index (χ0n) is 17.1. The highest BCUT2D eigenvalue weighted by Gasteiger charge is 2.18. The van der Waals surface area contributed by atoms with Gasteiger partial charge in [-0.3, -0.25) is 10.3 Å². The minimum atomic E-state index is 0.183. The van der Waals surface area contributed by atoms with Crippen molar-refractivity contribution >= 4 is 17.7 Å². The van der Waals surface area contributed by atoms with Crippen LogP contribution in [0.2, 0.25) is 0 Å². The maximum Gasteiger partial charge on any atom is 0.188 e. The molecular weight excluding hydrogens is 388 g/mol. The number of nitrogens with one attached hydrogen (secondary N) is 1. The van der Waals surface area contributed by atoms with Crippen molar-refractivity contribution in [1.82, 2.24) is 9.80 Å². The van der Waals surface area contributed by atoms with Gasteiger partial charge in [0.05, 0.1) is 0 Å². The molecule has 154 valence electrons. The van der Waals surface area contributed by atoms with Crippen LogP contribution in [0.25, 0.3) is 11.1 Å². The smallest absolute Gasteiger partial charge is 0.188 e. The summed E-state index contributed by atoms with van der Waals surface area (Å²) in [6, 6.07) is 28.0. The van der Waals surface area contributed by atoms with Crippen molar-refractivity contribution < 1.29 is 0 Å². The molecule has 5 heteroatoms. The molecule has 0 saturated carbocycles. The molecule has 3 N–H and O–H groups in total. The van der Waals surface area contributed by atoms with E-state index in [1.807, 2.05) is 16.7 Å². The first kappa shape index (κ1) is 20.5. The molecule has 1 aliphatic heterocycles. The van der Waals surface area contributed by atoms with Gasteiger partial charge in [0.25, 0.3) is 0 Å². The van der Waals surface area contributed by atoms with Crippen molar-refractivity contribution in [3.05, 3.63) is 90.0 Å². The summed E-state index contributed by atoms with van der Waals surface area (Å²) in [5, 5.41) is 7.61. The van der Waals surface area contributed by atoms with E-state index in [-0.39, 0.29) is 5.96 Å². The average Bonchev–Trinajstić information content (AvgIpc) is 2.80. The van der Waals surface area contributed by atoms with E-state index in [1.165, 1.54) is 27.1 Å². The van der Waals surface area contributed by atoms with E-state index in [4.69, 9.17) is 11.1 Å². The summed E-state index contributed by atoms with van der Waals surface area (Å²) in [7, 11) is 0. The zero-order valence-corrected chi connectivity index (χ0v) is 17.9. The summed E-state index contributed by atoms with van der Waals surface area (Å²) in [4.78, 5) is 5.74. The number of nitrogens with two attached hydrogens (primary N) is 1. The van der Waals surface area contributed by atoms with Crippen LogP contribution in [-0.4, -0.2) is 41.9 Å². The molecule has 0 amide bonds. The highest BCUT2D eigenvalue weighted by Crippen LogP contribution is 2.32. The third kappa shape index (κ3) is 5.04. The second-order valence-electron chi connectivity index (χ2n) is 7.57. The Labute approximate surface area is 183 Å². The van der Waals surface area contributed by atoms with Crippen molar-refractivity contribution in [2.45, 2.75) is 17.2 Å². The van der Waals surface area contributed by atoms with Crippen LogP contribution in [0.4, 0.5) is 0 Å². The van der Waals surface area contributed by atoms with Gasteiger partial charge in [-0.05, 0) is 28.3 Å². The number of benzene rings is 3. The number of guanidine groups is 1. The molecule has 0 unspecified atom stereocenters. The second kappa shape index (κ2) is 9.83. The van der Waals surface area contributed by atoms with Gasteiger partial charge in [0.15, 0.2) is 5.96 Å². The lowest BCUT2D eigenvalue weighted by molar-refractivity contribution is 0.173. The average molecular weight is 417 g/mol. The Morgan fingerprint density at radius 3 is 2.17 bits per heavy atom. The lowest BCUT2D eigenvalue weighted by atomic mass is 10.0. The van der Waals surface area contributed by atoms with E-state index in [9.17, 15) is 0 Å². The summed E-state index contributed by atoms with van der Waals surface area (Å²) in [5.41, 5.74) is 10.9. The summed E-state index contributed by atoms with van der Waals surface area (Å²) in [6.07, 6.45) is 0. The third-order valence-corrected chi connectivity index (χ3v) is 6.73. The highest BCUT2D eigenvalue weighted by atomic mass is 32.2. The van der Waals surface area contributed by atoms with Crippen LogP contribution in [0.15, 0.2) is 83.8 Å². The van der Waals surface area contributed by atoms with Crippen LogP contribution in [0.3, 0.4) is 0 Å². The Kier molecular flexibility index (Phi) is 6.72. The Bertz CT molecular complexity index is 981. The van der Waals surface area contributed by atoms with E-state index in [0.717, 1.165) is 38.5 Å². The number of hydrogen-bond acceptors (Lipinski definition) is 3. The van der Waals surface area contributed by atoms with Gasteiger partial charge in [0, 0.05) is 43.4 Å². The molecule has 0 spiro atoms. The van der Waals surface area contributed by atoms with Gasteiger partial charge in [0.2, 0.25) is 0 Å². The van der Waals surface area contributed by atoms with E-state index in [2.05, 4.69) is 83.8 Å². The quantitative estimate of drug-likeness (QED) is 0.349. The maximum atomic E-state index is 7.61. The standard InChI is InChI=1S/C25H28N4S/c26-25(27)29-16-14-28(15-17-29)18-21-10-5-7-13-24(21)30-19-22-11-4-6-12-23(22)20-8-2-1-3-9-20/h1-13H,14-19H2,(H3,26,27). The molecule has 1 aliphatic rings. The fourth-order valence-corrected chi connectivity index (χ4v) is 4.92. The Morgan fingerprint density at radius 2 is 1.43 bits per heavy atom. The first-order valence-electron chi connectivity index (χ1n) is 10.4.